The van der Waals surface area contributed by atoms with Gasteiger partial charge in [-0.2, -0.15) is 0 Å². The fraction of sp³-hybridized carbons (Fsp3) is 0.0909. The second-order valence-corrected chi connectivity index (χ2v) is 13.0. The maximum Gasteiger partial charge on any atom is -0.00206 e. The highest BCUT2D eigenvalue weighted by molar-refractivity contribution is 6.25. The second-order valence-electron chi connectivity index (χ2n) is 13.0. The molecule has 8 rings (SSSR count). The van der Waals surface area contributed by atoms with Crippen LogP contribution in [-0.2, 0) is 5.41 Å². The molecule has 0 aliphatic heterocycles. The van der Waals surface area contributed by atoms with Gasteiger partial charge < -0.3 is 0 Å². The summed E-state index contributed by atoms with van der Waals surface area (Å²) in [6, 6.07) is 55.9. The highest BCUT2D eigenvalue weighted by Crippen LogP contribution is 2.41. The summed E-state index contributed by atoms with van der Waals surface area (Å²) in [4.78, 5) is 0. The van der Waals surface area contributed by atoms with Crippen LogP contribution in [0.4, 0.5) is 0 Å². The third-order valence-electron chi connectivity index (χ3n) is 9.18. The van der Waals surface area contributed by atoms with Gasteiger partial charge in [-0.05, 0) is 93.9 Å². The molecule has 0 saturated carbocycles. The standard InChI is InChI=1S/C44H34/c1-44(2,3)37-27-35-21-20-32-22-24-40(41-25-23-36(28-37)42(35)43(32)41)31-18-16-29(17-19-31)33-12-9-13-34(26-33)39-15-8-7-14-38(39)30-10-5-4-6-11-30/h4-28H,1-3H3. The lowest BCUT2D eigenvalue weighted by molar-refractivity contribution is 0.591. The minimum absolute atomic E-state index is 0.113. The summed E-state index contributed by atoms with van der Waals surface area (Å²) < 4.78 is 0. The normalized spacial score (nSPS) is 12.0. The van der Waals surface area contributed by atoms with E-state index in [0.717, 1.165) is 0 Å². The van der Waals surface area contributed by atoms with E-state index in [1.807, 2.05) is 0 Å². The Morgan fingerprint density at radius 1 is 0.341 bits per heavy atom. The van der Waals surface area contributed by atoms with Crippen molar-refractivity contribution in [1.29, 1.82) is 0 Å². The molecule has 0 N–H and O–H groups in total. The molecule has 0 atom stereocenters. The molecule has 0 heteroatoms. The molecule has 8 aromatic rings. The first-order chi connectivity index (χ1) is 21.4. The molecule has 210 valence electrons. The molecule has 0 bridgehead atoms. The monoisotopic (exact) mass is 562 g/mol. The summed E-state index contributed by atoms with van der Waals surface area (Å²) >= 11 is 0. The molecule has 0 saturated heterocycles. The van der Waals surface area contributed by atoms with Gasteiger partial charge in [0.1, 0.15) is 0 Å². The number of benzene rings is 8. The zero-order valence-corrected chi connectivity index (χ0v) is 25.4. The van der Waals surface area contributed by atoms with Gasteiger partial charge in [0.15, 0.2) is 0 Å². The molecular formula is C44H34. The van der Waals surface area contributed by atoms with Gasteiger partial charge in [-0.15, -0.1) is 0 Å². The number of rotatable bonds is 4. The Morgan fingerprint density at radius 2 is 0.886 bits per heavy atom. The SMILES string of the molecule is CC(C)(C)c1cc2ccc3ccc(-c4ccc(-c5cccc(-c6ccccc6-c6ccccc6)c5)cc4)c4ccc(c1)c2c34. The van der Waals surface area contributed by atoms with Crippen molar-refractivity contribution in [3.05, 3.63) is 157 Å². The molecule has 0 unspecified atom stereocenters. The Balaban J connectivity index is 1.19. The zero-order chi connectivity index (χ0) is 29.8. The minimum atomic E-state index is 0.113. The van der Waals surface area contributed by atoms with E-state index >= 15 is 0 Å². The van der Waals surface area contributed by atoms with Gasteiger partial charge in [-0.25, -0.2) is 0 Å². The summed E-state index contributed by atoms with van der Waals surface area (Å²) in [6.07, 6.45) is 0. The first-order valence-corrected chi connectivity index (χ1v) is 15.5. The van der Waals surface area contributed by atoms with Crippen molar-refractivity contribution >= 4 is 32.3 Å². The quantitative estimate of drug-likeness (QED) is 0.187. The topological polar surface area (TPSA) is 0 Å². The molecule has 8 aromatic carbocycles. The van der Waals surface area contributed by atoms with E-state index in [4.69, 9.17) is 0 Å². The third kappa shape index (κ3) is 4.46. The van der Waals surface area contributed by atoms with Gasteiger partial charge in [-0.3, -0.25) is 0 Å². The van der Waals surface area contributed by atoms with Gasteiger partial charge in [0.2, 0.25) is 0 Å². The molecule has 0 spiro atoms. The molecule has 0 nitrogen and oxygen atoms in total. The van der Waals surface area contributed by atoms with Crippen molar-refractivity contribution < 1.29 is 0 Å². The van der Waals surface area contributed by atoms with Crippen molar-refractivity contribution in [2.75, 3.05) is 0 Å². The van der Waals surface area contributed by atoms with Crippen LogP contribution in [0.1, 0.15) is 26.3 Å². The zero-order valence-electron chi connectivity index (χ0n) is 25.4. The fourth-order valence-electron chi connectivity index (χ4n) is 6.82. The smallest absolute Gasteiger partial charge is 0.00206 e. The summed E-state index contributed by atoms with van der Waals surface area (Å²) in [7, 11) is 0. The van der Waals surface area contributed by atoms with Crippen LogP contribution in [-0.4, -0.2) is 0 Å². The molecular weight excluding hydrogens is 528 g/mol. The predicted molar refractivity (Wildman–Crippen MR) is 191 cm³/mol. The van der Waals surface area contributed by atoms with E-state index in [1.54, 1.807) is 0 Å². The van der Waals surface area contributed by atoms with E-state index in [-0.39, 0.29) is 5.41 Å². The summed E-state index contributed by atoms with van der Waals surface area (Å²) in [5.41, 5.74) is 11.4. The van der Waals surface area contributed by atoms with Crippen LogP contribution >= 0.6 is 0 Å². The molecule has 0 aromatic heterocycles. The highest BCUT2D eigenvalue weighted by atomic mass is 14.2. The summed E-state index contributed by atoms with van der Waals surface area (Å²) in [5, 5.41) is 8.01. The van der Waals surface area contributed by atoms with E-state index in [2.05, 4.69) is 172 Å². The lowest BCUT2D eigenvalue weighted by Gasteiger charge is -2.22. The van der Waals surface area contributed by atoms with Crippen LogP contribution in [0.15, 0.2) is 152 Å². The Morgan fingerprint density at radius 3 is 1.61 bits per heavy atom. The second kappa shape index (κ2) is 10.2. The molecule has 0 fully saturated rings. The maximum absolute atomic E-state index is 2.38. The Hall–Kier alpha value is -5.20. The van der Waals surface area contributed by atoms with E-state index in [0.29, 0.717) is 0 Å². The van der Waals surface area contributed by atoms with Gasteiger partial charge in [-0.1, -0.05) is 166 Å². The van der Waals surface area contributed by atoms with Crippen LogP contribution in [0.25, 0.3) is 76.8 Å². The summed E-state index contributed by atoms with van der Waals surface area (Å²) in [6.45, 7) is 6.88. The first kappa shape index (κ1) is 26.4. The minimum Gasteiger partial charge on any atom is -0.0622 e. The predicted octanol–water partition coefficient (Wildman–Crippen LogP) is 12.5. The van der Waals surface area contributed by atoms with Gasteiger partial charge >= 0.3 is 0 Å². The van der Waals surface area contributed by atoms with E-state index in [9.17, 15) is 0 Å². The van der Waals surface area contributed by atoms with Crippen molar-refractivity contribution in [2.45, 2.75) is 26.2 Å². The van der Waals surface area contributed by atoms with E-state index < -0.39 is 0 Å². The van der Waals surface area contributed by atoms with Crippen molar-refractivity contribution in [3.63, 3.8) is 0 Å². The first-order valence-electron chi connectivity index (χ1n) is 15.5. The molecule has 44 heavy (non-hydrogen) atoms. The van der Waals surface area contributed by atoms with Gasteiger partial charge in [0.25, 0.3) is 0 Å². The largest absolute Gasteiger partial charge is 0.0622 e. The van der Waals surface area contributed by atoms with Crippen molar-refractivity contribution in [2.24, 2.45) is 0 Å². The highest BCUT2D eigenvalue weighted by Gasteiger charge is 2.18. The van der Waals surface area contributed by atoms with Crippen LogP contribution in [0.2, 0.25) is 0 Å². The Kier molecular flexibility index (Phi) is 6.13. The molecule has 0 radical (unpaired) electrons. The number of hydrogen-bond acceptors (Lipinski definition) is 0. The van der Waals surface area contributed by atoms with Crippen LogP contribution in [0, 0.1) is 0 Å². The van der Waals surface area contributed by atoms with Crippen molar-refractivity contribution in [3.8, 4) is 44.5 Å². The van der Waals surface area contributed by atoms with Gasteiger partial charge in [0, 0.05) is 0 Å². The van der Waals surface area contributed by atoms with E-state index in [1.165, 1.54) is 82.4 Å². The lowest BCUT2D eigenvalue weighted by atomic mass is 9.82. The van der Waals surface area contributed by atoms with Crippen LogP contribution in [0.5, 0.6) is 0 Å². The maximum atomic E-state index is 2.38. The van der Waals surface area contributed by atoms with Crippen molar-refractivity contribution in [1.82, 2.24) is 0 Å². The Labute approximate surface area is 259 Å². The number of hydrogen-bond donors (Lipinski definition) is 0. The molecule has 0 heterocycles. The van der Waals surface area contributed by atoms with Crippen LogP contribution in [0.3, 0.4) is 0 Å². The lowest BCUT2D eigenvalue weighted by Crippen LogP contribution is -2.10. The average molecular weight is 563 g/mol. The fourth-order valence-corrected chi connectivity index (χ4v) is 6.82. The van der Waals surface area contributed by atoms with Crippen LogP contribution < -0.4 is 0 Å². The molecule has 0 aliphatic carbocycles. The van der Waals surface area contributed by atoms with Gasteiger partial charge in [0.05, 0.1) is 0 Å². The Bertz CT molecular complexity index is 2260. The molecule has 0 aliphatic rings. The summed E-state index contributed by atoms with van der Waals surface area (Å²) in [5.74, 6) is 0. The third-order valence-corrected chi connectivity index (χ3v) is 9.18. The average Bonchev–Trinajstić information content (AvgIpc) is 3.07. The molecule has 0 amide bonds.